The molecule has 0 bridgehead atoms. The predicted molar refractivity (Wildman–Crippen MR) is 86.8 cm³/mol. The van der Waals surface area contributed by atoms with E-state index in [1.54, 1.807) is 6.07 Å². The van der Waals surface area contributed by atoms with E-state index >= 15 is 0 Å². The molecule has 0 saturated carbocycles. The summed E-state index contributed by atoms with van der Waals surface area (Å²) in [5.74, 6) is 2.43. The van der Waals surface area contributed by atoms with E-state index in [-0.39, 0.29) is 18.5 Å². The first-order valence-corrected chi connectivity index (χ1v) is 7.31. The molecule has 2 aromatic rings. The van der Waals surface area contributed by atoms with Crippen LogP contribution in [0.5, 0.6) is 5.75 Å². The molecule has 2 heterocycles. The van der Waals surface area contributed by atoms with Gasteiger partial charge in [-0.3, -0.25) is 0 Å². The second-order valence-electron chi connectivity index (χ2n) is 4.86. The Labute approximate surface area is 140 Å². The van der Waals surface area contributed by atoms with Crippen molar-refractivity contribution in [1.82, 2.24) is 5.32 Å². The normalized spacial score (nSPS) is 17.6. The van der Waals surface area contributed by atoms with Gasteiger partial charge in [0.1, 0.15) is 28.4 Å². The van der Waals surface area contributed by atoms with Gasteiger partial charge in [0.15, 0.2) is 0 Å². The molecular formula is C15H16Cl3NO2. The average molecular weight is 349 g/mol. The largest absolute Gasteiger partial charge is 0.484 e. The Bertz CT molecular complexity index is 627. The Hall–Kier alpha value is -0.870. The van der Waals surface area contributed by atoms with E-state index < -0.39 is 0 Å². The van der Waals surface area contributed by atoms with Crippen molar-refractivity contribution >= 4 is 35.6 Å². The highest BCUT2D eigenvalue weighted by Crippen LogP contribution is 2.37. The molecule has 1 unspecified atom stereocenters. The van der Waals surface area contributed by atoms with Crippen LogP contribution in [0.2, 0.25) is 10.0 Å². The number of benzene rings is 1. The van der Waals surface area contributed by atoms with E-state index in [1.165, 1.54) is 0 Å². The van der Waals surface area contributed by atoms with Crippen molar-refractivity contribution in [1.29, 1.82) is 0 Å². The maximum absolute atomic E-state index is 6.19. The summed E-state index contributed by atoms with van der Waals surface area (Å²) in [7, 11) is 0. The second kappa shape index (κ2) is 6.93. The minimum atomic E-state index is -0.0755. The summed E-state index contributed by atoms with van der Waals surface area (Å²) in [6, 6.07) is 7.45. The summed E-state index contributed by atoms with van der Waals surface area (Å²) in [5, 5.41) is 4.28. The lowest BCUT2D eigenvalue weighted by atomic mass is 10.1. The predicted octanol–water partition coefficient (Wildman–Crippen LogP) is 4.93. The minimum Gasteiger partial charge on any atom is -0.484 e. The van der Waals surface area contributed by atoms with Crippen molar-refractivity contribution in [3.8, 4) is 5.75 Å². The molecule has 3 nitrogen and oxygen atoms in total. The fourth-order valence-corrected chi connectivity index (χ4v) is 2.77. The molecular weight excluding hydrogens is 333 g/mol. The highest BCUT2D eigenvalue weighted by atomic mass is 35.5. The Morgan fingerprint density at radius 2 is 2.14 bits per heavy atom. The van der Waals surface area contributed by atoms with Crippen molar-refractivity contribution in [3.63, 3.8) is 0 Å². The summed E-state index contributed by atoms with van der Waals surface area (Å²) in [6.07, 6.45) is 0.780. The fourth-order valence-electron chi connectivity index (χ4n) is 2.43. The van der Waals surface area contributed by atoms with Gasteiger partial charge in [-0.25, -0.2) is 0 Å². The second-order valence-corrected chi connectivity index (χ2v) is 5.64. The molecule has 3 rings (SSSR count). The zero-order chi connectivity index (χ0) is 14.1. The Kier molecular flexibility index (Phi) is 5.44. The van der Waals surface area contributed by atoms with E-state index in [2.05, 4.69) is 5.32 Å². The van der Waals surface area contributed by atoms with Crippen LogP contribution in [0.3, 0.4) is 0 Å². The lowest BCUT2D eigenvalue weighted by molar-refractivity contribution is 0.197. The summed E-state index contributed by atoms with van der Waals surface area (Å²) < 4.78 is 11.8. The Morgan fingerprint density at radius 3 is 2.95 bits per heavy atom. The summed E-state index contributed by atoms with van der Waals surface area (Å²) >= 11 is 12.2. The number of rotatable bonds is 2. The number of hydrogen-bond acceptors (Lipinski definition) is 3. The van der Waals surface area contributed by atoms with Crippen LogP contribution < -0.4 is 10.1 Å². The highest BCUT2D eigenvalue weighted by molar-refractivity contribution is 6.42. The smallest absolute Gasteiger partial charge is 0.140 e. The summed E-state index contributed by atoms with van der Waals surface area (Å²) in [6.45, 7) is 3.54. The lowest BCUT2D eigenvalue weighted by Gasteiger charge is -2.18. The van der Waals surface area contributed by atoms with Crippen LogP contribution in [0.4, 0.5) is 0 Å². The van der Waals surface area contributed by atoms with Gasteiger partial charge in [-0.05, 0) is 31.7 Å². The third-order valence-corrected chi connectivity index (χ3v) is 4.17. The molecule has 0 radical (unpaired) electrons. The van der Waals surface area contributed by atoms with Gasteiger partial charge in [0, 0.05) is 12.0 Å². The van der Waals surface area contributed by atoms with Gasteiger partial charge in [-0.15, -0.1) is 12.4 Å². The monoisotopic (exact) mass is 347 g/mol. The van der Waals surface area contributed by atoms with E-state index in [0.29, 0.717) is 15.8 Å². The van der Waals surface area contributed by atoms with Crippen LogP contribution in [0.15, 0.2) is 28.7 Å². The standard InChI is InChI=1S/C15H15Cl2NO2.ClH/c1-9-7-10-12(5-6-18-8-14(10)19-9)20-13-4-2-3-11(16)15(13)17;/h2-4,7,12,18H,5-6,8H2,1H3;1H. The van der Waals surface area contributed by atoms with Gasteiger partial charge < -0.3 is 14.5 Å². The highest BCUT2D eigenvalue weighted by Gasteiger charge is 2.24. The quantitative estimate of drug-likeness (QED) is 0.835. The molecule has 21 heavy (non-hydrogen) atoms. The zero-order valence-corrected chi connectivity index (χ0v) is 13.8. The number of furan rings is 1. The van der Waals surface area contributed by atoms with Crippen LogP contribution >= 0.6 is 35.6 Å². The van der Waals surface area contributed by atoms with E-state index in [1.807, 2.05) is 25.1 Å². The molecule has 1 aliphatic heterocycles. The van der Waals surface area contributed by atoms with E-state index in [4.69, 9.17) is 32.4 Å². The first kappa shape index (κ1) is 16.5. The zero-order valence-electron chi connectivity index (χ0n) is 11.5. The Morgan fingerprint density at radius 1 is 1.33 bits per heavy atom. The number of halogens is 3. The van der Waals surface area contributed by atoms with Crippen molar-refractivity contribution < 1.29 is 9.15 Å². The summed E-state index contributed by atoms with van der Waals surface area (Å²) in [5.41, 5.74) is 1.09. The molecule has 0 amide bonds. The first-order valence-electron chi connectivity index (χ1n) is 6.55. The molecule has 1 atom stereocenters. The van der Waals surface area contributed by atoms with Crippen molar-refractivity contribution in [2.45, 2.75) is 26.0 Å². The van der Waals surface area contributed by atoms with Gasteiger partial charge in [-0.2, -0.15) is 0 Å². The van der Waals surface area contributed by atoms with Crippen LogP contribution in [0.25, 0.3) is 0 Å². The molecule has 0 aliphatic carbocycles. The van der Waals surface area contributed by atoms with Crippen LogP contribution in [0.1, 0.15) is 29.6 Å². The molecule has 1 N–H and O–H groups in total. The summed E-state index contributed by atoms with van der Waals surface area (Å²) in [4.78, 5) is 0. The molecule has 6 heteroatoms. The molecule has 114 valence electrons. The van der Waals surface area contributed by atoms with E-state index in [0.717, 1.165) is 36.6 Å². The first-order chi connectivity index (χ1) is 9.65. The molecule has 1 aromatic heterocycles. The van der Waals surface area contributed by atoms with Crippen molar-refractivity contribution in [2.75, 3.05) is 6.54 Å². The fraction of sp³-hybridized carbons (Fsp3) is 0.333. The number of aryl methyl sites for hydroxylation is 1. The van der Waals surface area contributed by atoms with Crippen molar-refractivity contribution in [2.24, 2.45) is 0 Å². The molecule has 1 aromatic carbocycles. The minimum absolute atomic E-state index is 0. The SMILES string of the molecule is Cc1cc2c(o1)CNCCC2Oc1cccc(Cl)c1Cl.Cl. The third kappa shape index (κ3) is 3.49. The van der Waals surface area contributed by atoms with Gasteiger partial charge in [0.2, 0.25) is 0 Å². The number of nitrogens with one attached hydrogen (secondary N) is 1. The number of fused-ring (bicyclic) bond motifs is 1. The lowest BCUT2D eigenvalue weighted by Crippen LogP contribution is -2.14. The van der Waals surface area contributed by atoms with Gasteiger partial charge >= 0.3 is 0 Å². The van der Waals surface area contributed by atoms with Gasteiger partial charge in [0.25, 0.3) is 0 Å². The van der Waals surface area contributed by atoms with Crippen molar-refractivity contribution in [3.05, 3.63) is 51.4 Å². The molecule has 0 spiro atoms. The molecule has 1 aliphatic rings. The molecule has 0 fully saturated rings. The number of hydrogen-bond donors (Lipinski definition) is 1. The molecule has 0 saturated heterocycles. The topological polar surface area (TPSA) is 34.4 Å². The Balaban J connectivity index is 0.00000161. The van der Waals surface area contributed by atoms with E-state index in [9.17, 15) is 0 Å². The van der Waals surface area contributed by atoms with Gasteiger partial charge in [-0.1, -0.05) is 29.3 Å². The van der Waals surface area contributed by atoms with Gasteiger partial charge in [0.05, 0.1) is 11.6 Å². The van der Waals surface area contributed by atoms with Crippen LogP contribution in [-0.4, -0.2) is 6.54 Å². The van der Waals surface area contributed by atoms with Crippen LogP contribution in [-0.2, 0) is 6.54 Å². The maximum Gasteiger partial charge on any atom is 0.140 e. The third-order valence-electron chi connectivity index (χ3n) is 3.37. The average Bonchev–Trinajstić information content (AvgIpc) is 2.70. The van der Waals surface area contributed by atoms with Crippen LogP contribution in [0, 0.1) is 6.92 Å². The maximum atomic E-state index is 6.19. The number of ether oxygens (including phenoxy) is 1.